The number of imidazole rings is 1. The number of nitrogens with one attached hydrogen (secondary N) is 1. The lowest BCUT2D eigenvalue weighted by atomic mass is 10.2. The van der Waals surface area contributed by atoms with E-state index < -0.39 is 0 Å². The van der Waals surface area contributed by atoms with Gasteiger partial charge in [0.25, 0.3) is 5.56 Å². The summed E-state index contributed by atoms with van der Waals surface area (Å²) in [4.78, 5) is 24.4. The molecule has 3 heterocycles. The first-order valence-corrected chi connectivity index (χ1v) is 8.33. The highest BCUT2D eigenvalue weighted by Crippen LogP contribution is 2.29. The molecule has 0 aliphatic heterocycles. The van der Waals surface area contributed by atoms with Gasteiger partial charge in [0, 0.05) is 29.9 Å². The average molecular weight is 321 g/mol. The van der Waals surface area contributed by atoms with Crippen molar-refractivity contribution in [1.29, 1.82) is 0 Å². The van der Waals surface area contributed by atoms with E-state index >= 15 is 0 Å². The lowest BCUT2D eigenvalue weighted by Gasteiger charge is -2.03. The number of fused-ring (bicyclic) bond motifs is 1. The molecule has 8 heteroatoms. The molecule has 0 aliphatic carbocycles. The number of hydrogen-bond acceptors (Lipinski definition) is 6. The molecule has 3 N–H and O–H groups in total. The van der Waals surface area contributed by atoms with E-state index in [1.54, 1.807) is 17.4 Å². The van der Waals surface area contributed by atoms with E-state index in [-0.39, 0.29) is 5.56 Å². The fourth-order valence-corrected chi connectivity index (χ4v) is 3.81. The fourth-order valence-electron chi connectivity index (χ4n) is 2.09. The number of aryl methyl sites for hydroxylation is 1. The van der Waals surface area contributed by atoms with E-state index in [0.29, 0.717) is 11.7 Å². The summed E-state index contributed by atoms with van der Waals surface area (Å²) in [6.07, 6.45) is 3.69. The number of nitrogens with two attached hydrogens (primary N) is 1. The Labute approximate surface area is 129 Å². The van der Waals surface area contributed by atoms with Crippen LogP contribution in [0.1, 0.15) is 24.7 Å². The Hall–Kier alpha value is -1.64. The van der Waals surface area contributed by atoms with Crippen LogP contribution in [0, 0.1) is 0 Å². The molecular formula is C13H15N5OS2. The first kappa shape index (κ1) is 14.3. The third-order valence-electron chi connectivity index (χ3n) is 2.99. The van der Waals surface area contributed by atoms with Gasteiger partial charge in [0.15, 0.2) is 10.1 Å². The van der Waals surface area contributed by atoms with Gasteiger partial charge < -0.3 is 10.7 Å². The van der Waals surface area contributed by atoms with Crippen molar-refractivity contribution in [3.8, 4) is 0 Å². The van der Waals surface area contributed by atoms with Gasteiger partial charge >= 0.3 is 0 Å². The minimum absolute atomic E-state index is 0.133. The summed E-state index contributed by atoms with van der Waals surface area (Å²) in [5, 5.41) is 3.32. The Morgan fingerprint density at radius 1 is 1.48 bits per heavy atom. The normalized spacial score (nSPS) is 11.3. The van der Waals surface area contributed by atoms with Crippen LogP contribution in [-0.4, -0.2) is 19.4 Å². The van der Waals surface area contributed by atoms with E-state index in [4.69, 9.17) is 5.73 Å². The zero-order valence-corrected chi connectivity index (χ0v) is 13.1. The van der Waals surface area contributed by atoms with Gasteiger partial charge in [0.1, 0.15) is 5.03 Å². The lowest BCUT2D eigenvalue weighted by Crippen LogP contribution is -2.10. The molecule has 21 heavy (non-hydrogen) atoms. The van der Waals surface area contributed by atoms with Crippen molar-refractivity contribution in [2.75, 3.05) is 0 Å². The molecule has 0 bridgehead atoms. The Bertz CT molecular complexity index is 819. The van der Waals surface area contributed by atoms with E-state index in [1.807, 2.05) is 16.0 Å². The van der Waals surface area contributed by atoms with E-state index in [9.17, 15) is 4.79 Å². The smallest absolute Gasteiger partial charge is 0.251 e. The van der Waals surface area contributed by atoms with Crippen molar-refractivity contribution in [1.82, 2.24) is 19.4 Å². The van der Waals surface area contributed by atoms with Gasteiger partial charge in [-0.3, -0.25) is 9.20 Å². The van der Waals surface area contributed by atoms with Gasteiger partial charge in [-0.25, -0.2) is 9.97 Å². The van der Waals surface area contributed by atoms with Gasteiger partial charge in [-0.2, -0.15) is 0 Å². The minimum Gasteiger partial charge on any atom is -0.325 e. The zero-order valence-electron chi connectivity index (χ0n) is 11.5. The molecule has 0 aromatic carbocycles. The number of H-pyrrole nitrogens is 1. The molecule has 0 atom stereocenters. The number of hydrogen-bond donors (Lipinski definition) is 2. The maximum Gasteiger partial charge on any atom is 0.251 e. The molecule has 0 amide bonds. The second-order valence-electron chi connectivity index (χ2n) is 4.52. The number of aromatic nitrogens is 4. The third kappa shape index (κ3) is 2.87. The van der Waals surface area contributed by atoms with Crippen molar-refractivity contribution in [3.63, 3.8) is 0 Å². The lowest BCUT2D eigenvalue weighted by molar-refractivity contribution is 0.814. The van der Waals surface area contributed by atoms with Crippen molar-refractivity contribution >= 4 is 28.1 Å². The van der Waals surface area contributed by atoms with Crippen molar-refractivity contribution in [3.05, 3.63) is 39.4 Å². The van der Waals surface area contributed by atoms with E-state index in [1.165, 1.54) is 11.8 Å². The summed E-state index contributed by atoms with van der Waals surface area (Å²) >= 11 is 2.90. The summed E-state index contributed by atoms with van der Waals surface area (Å²) in [7, 11) is 0. The average Bonchev–Trinajstić information content (AvgIpc) is 2.98. The summed E-state index contributed by atoms with van der Waals surface area (Å²) in [6.45, 7) is 2.45. The highest BCUT2D eigenvalue weighted by Gasteiger charge is 2.14. The topological polar surface area (TPSA) is 89.1 Å². The molecule has 6 nitrogen and oxygen atoms in total. The third-order valence-corrected chi connectivity index (χ3v) is 4.65. The van der Waals surface area contributed by atoms with Gasteiger partial charge in [-0.15, -0.1) is 11.3 Å². The standard InChI is InChI=1S/C13H15N5OS2/c1-2-3-8-6-10(19)16-12(15-8)21-11-9(7-14)18-4-5-20-13(18)17-11/h4-6H,2-3,7,14H2,1H3,(H,15,16,19). The Balaban J connectivity index is 1.98. The van der Waals surface area contributed by atoms with Crippen LogP contribution in [0.3, 0.4) is 0 Å². The predicted molar refractivity (Wildman–Crippen MR) is 83.9 cm³/mol. The maximum atomic E-state index is 11.7. The summed E-state index contributed by atoms with van der Waals surface area (Å²) in [5.41, 5.74) is 7.42. The molecule has 3 aromatic heterocycles. The molecule has 0 unspecified atom stereocenters. The molecule has 0 saturated carbocycles. The number of aromatic amines is 1. The minimum atomic E-state index is -0.133. The first-order valence-electron chi connectivity index (χ1n) is 6.64. The zero-order chi connectivity index (χ0) is 14.8. The molecule has 0 aliphatic rings. The highest BCUT2D eigenvalue weighted by atomic mass is 32.2. The number of rotatable bonds is 5. The molecule has 3 rings (SSSR count). The second-order valence-corrected chi connectivity index (χ2v) is 6.37. The summed E-state index contributed by atoms with van der Waals surface area (Å²) in [6, 6.07) is 1.54. The summed E-state index contributed by atoms with van der Waals surface area (Å²) < 4.78 is 1.97. The predicted octanol–water partition coefficient (Wildman–Crippen LogP) is 2.04. The van der Waals surface area contributed by atoms with Crippen LogP contribution in [0.5, 0.6) is 0 Å². The van der Waals surface area contributed by atoms with E-state index in [2.05, 4.69) is 21.9 Å². The maximum absolute atomic E-state index is 11.7. The molecule has 0 fully saturated rings. The Morgan fingerprint density at radius 2 is 2.33 bits per heavy atom. The first-order chi connectivity index (χ1) is 10.2. The van der Waals surface area contributed by atoms with Crippen molar-refractivity contribution in [2.24, 2.45) is 5.73 Å². The van der Waals surface area contributed by atoms with E-state index in [0.717, 1.165) is 34.2 Å². The molecule has 0 radical (unpaired) electrons. The van der Waals surface area contributed by atoms with Crippen molar-refractivity contribution < 1.29 is 0 Å². The van der Waals surface area contributed by atoms with Gasteiger partial charge in [-0.05, 0) is 18.2 Å². The Kier molecular flexibility index (Phi) is 4.09. The van der Waals surface area contributed by atoms with Crippen LogP contribution in [-0.2, 0) is 13.0 Å². The monoisotopic (exact) mass is 321 g/mol. The molecule has 0 spiro atoms. The van der Waals surface area contributed by atoms with Gasteiger partial charge in [0.05, 0.1) is 5.69 Å². The quantitative estimate of drug-likeness (QED) is 0.702. The van der Waals surface area contributed by atoms with Crippen LogP contribution < -0.4 is 11.3 Å². The van der Waals surface area contributed by atoms with Crippen LogP contribution in [0.15, 0.2) is 32.6 Å². The Morgan fingerprint density at radius 3 is 3.10 bits per heavy atom. The SMILES string of the molecule is CCCc1cc(=O)[nH]c(Sc2nc3sccn3c2CN)n1. The number of thiazole rings is 1. The van der Waals surface area contributed by atoms with Crippen molar-refractivity contribution in [2.45, 2.75) is 36.5 Å². The molecule has 3 aromatic rings. The second kappa shape index (κ2) is 6.00. The largest absolute Gasteiger partial charge is 0.325 e. The van der Waals surface area contributed by atoms with Crippen LogP contribution in [0.4, 0.5) is 0 Å². The molecular weight excluding hydrogens is 306 g/mol. The number of nitrogens with zero attached hydrogens (tertiary/aromatic N) is 3. The van der Waals surface area contributed by atoms with Crippen LogP contribution >= 0.6 is 23.1 Å². The fraction of sp³-hybridized carbons (Fsp3) is 0.308. The summed E-state index contributed by atoms with van der Waals surface area (Å²) in [5.74, 6) is 0. The highest BCUT2D eigenvalue weighted by molar-refractivity contribution is 7.99. The van der Waals surface area contributed by atoms with Crippen LogP contribution in [0.2, 0.25) is 0 Å². The van der Waals surface area contributed by atoms with Gasteiger partial charge in [-0.1, -0.05) is 13.3 Å². The van der Waals surface area contributed by atoms with Gasteiger partial charge in [0.2, 0.25) is 0 Å². The van der Waals surface area contributed by atoms with Crippen LogP contribution in [0.25, 0.3) is 4.96 Å². The molecule has 0 saturated heterocycles. The molecule has 110 valence electrons.